The normalized spacial score (nSPS) is 24.1. The second kappa shape index (κ2) is 6.86. The zero-order chi connectivity index (χ0) is 12.8. The number of aryl methyl sites for hydroxylation is 1. The molecule has 0 aromatic carbocycles. The van der Waals surface area contributed by atoms with Crippen molar-refractivity contribution in [3.63, 3.8) is 0 Å². The molecule has 0 atom stereocenters. The lowest BCUT2D eigenvalue weighted by Gasteiger charge is -2.28. The molecule has 1 aromatic heterocycles. The van der Waals surface area contributed by atoms with Crippen molar-refractivity contribution in [3.8, 4) is 0 Å². The van der Waals surface area contributed by atoms with Crippen LogP contribution in [0, 0.1) is 17.8 Å². The third kappa shape index (κ3) is 4.08. The fraction of sp³-hybridized carbons (Fsp3) is 0.688. The van der Waals surface area contributed by atoms with E-state index in [0.29, 0.717) is 0 Å². The highest BCUT2D eigenvalue weighted by atomic mass is 19.1. The predicted octanol–water partition coefficient (Wildman–Crippen LogP) is 4.76. The van der Waals surface area contributed by atoms with Gasteiger partial charge in [0.2, 0.25) is 5.95 Å². The zero-order valence-electron chi connectivity index (χ0n) is 11.4. The zero-order valence-corrected chi connectivity index (χ0v) is 11.4. The van der Waals surface area contributed by atoms with Crippen LogP contribution in [-0.4, -0.2) is 4.98 Å². The van der Waals surface area contributed by atoms with Gasteiger partial charge in [0.15, 0.2) is 0 Å². The molecular weight excluding hydrogens is 225 g/mol. The van der Waals surface area contributed by atoms with E-state index in [-0.39, 0.29) is 5.95 Å². The molecule has 2 rings (SSSR count). The monoisotopic (exact) mass is 249 g/mol. The van der Waals surface area contributed by atoms with Gasteiger partial charge in [-0.3, -0.25) is 0 Å². The van der Waals surface area contributed by atoms with Crippen molar-refractivity contribution >= 4 is 0 Å². The summed E-state index contributed by atoms with van der Waals surface area (Å²) in [5.41, 5.74) is 1.17. The first-order chi connectivity index (χ1) is 8.78. The summed E-state index contributed by atoms with van der Waals surface area (Å²) in [6.07, 6.45) is 12.3. The van der Waals surface area contributed by atoms with E-state index in [1.165, 1.54) is 56.6 Å². The summed E-state index contributed by atoms with van der Waals surface area (Å²) >= 11 is 0. The lowest BCUT2D eigenvalue weighted by atomic mass is 9.78. The van der Waals surface area contributed by atoms with Gasteiger partial charge >= 0.3 is 0 Å². The van der Waals surface area contributed by atoms with Crippen LogP contribution in [-0.2, 0) is 6.42 Å². The Morgan fingerprint density at radius 1 is 1.11 bits per heavy atom. The molecule has 0 N–H and O–H groups in total. The summed E-state index contributed by atoms with van der Waals surface area (Å²) in [5.74, 6) is 1.49. The Labute approximate surface area is 110 Å². The van der Waals surface area contributed by atoms with Gasteiger partial charge in [0.1, 0.15) is 0 Å². The molecule has 0 bridgehead atoms. The molecule has 0 unspecified atom stereocenters. The molecule has 1 nitrogen and oxygen atoms in total. The highest BCUT2D eigenvalue weighted by Crippen LogP contribution is 2.33. The molecule has 1 aliphatic rings. The molecular formula is C16H24FN. The van der Waals surface area contributed by atoms with Crippen LogP contribution in [0.15, 0.2) is 18.3 Å². The maximum absolute atomic E-state index is 12.7. The molecule has 1 heterocycles. The fourth-order valence-corrected chi connectivity index (χ4v) is 3.14. The number of aromatic nitrogens is 1. The molecule has 0 spiro atoms. The largest absolute Gasteiger partial charge is 0.228 e. The Balaban J connectivity index is 1.70. The predicted molar refractivity (Wildman–Crippen MR) is 72.9 cm³/mol. The van der Waals surface area contributed by atoms with Gasteiger partial charge in [0, 0.05) is 6.20 Å². The van der Waals surface area contributed by atoms with Crippen molar-refractivity contribution in [2.24, 2.45) is 11.8 Å². The van der Waals surface area contributed by atoms with Crippen LogP contribution in [0.1, 0.15) is 57.4 Å². The molecule has 0 saturated heterocycles. The number of halogens is 1. The van der Waals surface area contributed by atoms with Crippen LogP contribution in [0.5, 0.6) is 0 Å². The van der Waals surface area contributed by atoms with Gasteiger partial charge in [-0.05, 0) is 36.3 Å². The molecule has 100 valence electrons. The summed E-state index contributed by atoms with van der Waals surface area (Å²) in [6.45, 7) is 2.29. The lowest BCUT2D eigenvalue weighted by molar-refractivity contribution is 0.252. The average Bonchev–Trinajstić information content (AvgIpc) is 2.40. The van der Waals surface area contributed by atoms with Crippen molar-refractivity contribution in [2.75, 3.05) is 0 Å². The van der Waals surface area contributed by atoms with Crippen molar-refractivity contribution < 1.29 is 4.39 Å². The van der Waals surface area contributed by atoms with E-state index >= 15 is 0 Å². The number of pyridine rings is 1. The van der Waals surface area contributed by atoms with E-state index < -0.39 is 0 Å². The fourth-order valence-electron chi connectivity index (χ4n) is 3.14. The van der Waals surface area contributed by atoms with Gasteiger partial charge in [-0.2, -0.15) is 4.39 Å². The first kappa shape index (κ1) is 13.5. The molecule has 18 heavy (non-hydrogen) atoms. The number of hydrogen-bond acceptors (Lipinski definition) is 1. The molecule has 1 fully saturated rings. The van der Waals surface area contributed by atoms with E-state index in [0.717, 1.165) is 18.3 Å². The number of hydrogen-bond donors (Lipinski definition) is 0. The van der Waals surface area contributed by atoms with E-state index in [1.807, 2.05) is 6.07 Å². The molecule has 2 heteroatoms. The van der Waals surface area contributed by atoms with Gasteiger partial charge < -0.3 is 0 Å². The molecule has 0 amide bonds. The van der Waals surface area contributed by atoms with Crippen molar-refractivity contribution in [1.82, 2.24) is 4.98 Å². The second-order valence-electron chi connectivity index (χ2n) is 5.70. The molecule has 0 radical (unpaired) electrons. The van der Waals surface area contributed by atoms with Gasteiger partial charge in [-0.1, -0.05) is 51.5 Å². The molecule has 1 aromatic rings. The van der Waals surface area contributed by atoms with E-state index in [2.05, 4.69) is 11.9 Å². The van der Waals surface area contributed by atoms with Gasteiger partial charge in [0.05, 0.1) is 0 Å². The van der Waals surface area contributed by atoms with Crippen LogP contribution < -0.4 is 0 Å². The summed E-state index contributed by atoms with van der Waals surface area (Å²) in [7, 11) is 0. The van der Waals surface area contributed by atoms with E-state index in [1.54, 1.807) is 6.20 Å². The average molecular weight is 249 g/mol. The summed E-state index contributed by atoms with van der Waals surface area (Å²) < 4.78 is 12.7. The van der Waals surface area contributed by atoms with Gasteiger partial charge in [0.25, 0.3) is 0 Å². The molecule has 0 aliphatic heterocycles. The third-order valence-corrected chi connectivity index (χ3v) is 4.29. The van der Waals surface area contributed by atoms with Crippen LogP contribution in [0.2, 0.25) is 0 Å². The van der Waals surface area contributed by atoms with E-state index in [9.17, 15) is 4.39 Å². The number of nitrogens with zero attached hydrogens (tertiary/aromatic N) is 1. The van der Waals surface area contributed by atoms with E-state index in [4.69, 9.17) is 0 Å². The quantitative estimate of drug-likeness (QED) is 0.686. The van der Waals surface area contributed by atoms with Crippen molar-refractivity contribution in [2.45, 2.75) is 58.3 Å². The summed E-state index contributed by atoms with van der Waals surface area (Å²) in [5, 5.41) is 0. The van der Waals surface area contributed by atoms with Crippen molar-refractivity contribution in [3.05, 3.63) is 29.8 Å². The SMILES string of the molecule is CCC[C@H]1CC[C@H](CCc2ccc(F)nc2)CC1. The Bertz CT molecular complexity index is 339. The van der Waals surface area contributed by atoms with Crippen LogP contribution in [0.25, 0.3) is 0 Å². The smallest absolute Gasteiger partial charge is 0.212 e. The minimum Gasteiger partial charge on any atom is -0.228 e. The van der Waals surface area contributed by atoms with Crippen LogP contribution in [0.3, 0.4) is 0 Å². The first-order valence-electron chi connectivity index (χ1n) is 7.38. The Kier molecular flexibility index (Phi) is 5.15. The summed E-state index contributed by atoms with van der Waals surface area (Å²) in [4.78, 5) is 3.71. The highest BCUT2D eigenvalue weighted by molar-refractivity contribution is 5.09. The minimum atomic E-state index is -0.376. The highest BCUT2D eigenvalue weighted by Gasteiger charge is 2.20. The third-order valence-electron chi connectivity index (χ3n) is 4.29. The summed E-state index contributed by atoms with van der Waals surface area (Å²) in [6, 6.07) is 3.33. The topological polar surface area (TPSA) is 12.9 Å². The maximum atomic E-state index is 12.7. The Morgan fingerprint density at radius 2 is 1.78 bits per heavy atom. The maximum Gasteiger partial charge on any atom is 0.212 e. The van der Waals surface area contributed by atoms with Crippen LogP contribution in [0.4, 0.5) is 4.39 Å². The van der Waals surface area contributed by atoms with Gasteiger partial charge in [-0.25, -0.2) is 4.98 Å². The standard InChI is InChI=1S/C16H24FN/c1-2-3-13-4-6-14(7-5-13)8-9-15-10-11-16(17)18-12-15/h10-14H,2-9H2,1H3/t13-,14-. The Morgan fingerprint density at radius 3 is 2.33 bits per heavy atom. The molecule has 1 aliphatic carbocycles. The minimum absolute atomic E-state index is 0.376. The van der Waals surface area contributed by atoms with Crippen molar-refractivity contribution in [1.29, 1.82) is 0 Å². The number of rotatable bonds is 5. The Hall–Kier alpha value is -0.920. The van der Waals surface area contributed by atoms with Gasteiger partial charge in [-0.15, -0.1) is 0 Å². The molecule has 1 saturated carbocycles. The second-order valence-corrected chi connectivity index (χ2v) is 5.70. The lowest BCUT2D eigenvalue weighted by Crippen LogP contribution is -2.15. The van der Waals surface area contributed by atoms with Crippen LogP contribution >= 0.6 is 0 Å². The first-order valence-corrected chi connectivity index (χ1v) is 7.38.